The number of hydrogen-bond donors (Lipinski definition) is 2. The number of anilines is 3. The Balaban J connectivity index is 1.96. The Hall–Kier alpha value is -3.00. The third-order valence-corrected chi connectivity index (χ3v) is 3.73. The molecular weight excluding hydrogens is 344 g/mol. The van der Waals surface area contributed by atoms with Crippen LogP contribution in [0, 0.1) is 5.82 Å². The molecule has 0 unspecified atom stereocenters. The van der Waals surface area contributed by atoms with Gasteiger partial charge in [-0.15, -0.1) is 0 Å². The normalized spacial score (nSPS) is 11.0. The molecule has 0 aliphatic carbocycles. The Morgan fingerprint density at radius 2 is 1.93 bits per heavy atom. The molecule has 3 rings (SSSR count). The van der Waals surface area contributed by atoms with Crippen LogP contribution in [0.25, 0.3) is 10.9 Å². The lowest BCUT2D eigenvalue weighted by atomic mass is 9.95. The maximum atomic E-state index is 14.1. The number of hydrogen-bond acceptors (Lipinski definition) is 5. The van der Waals surface area contributed by atoms with Crippen molar-refractivity contribution in [2.75, 3.05) is 24.7 Å². The summed E-state index contributed by atoms with van der Waals surface area (Å²) < 4.78 is 14.1. The number of amides is 1. The van der Waals surface area contributed by atoms with Crippen molar-refractivity contribution in [2.24, 2.45) is 0 Å². The first-order valence-corrected chi connectivity index (χ1v) is 8.35. The van der Waals surface area contributed by atoms with Crippen molar-refractivity contribution in [3.8, 4) is 0 Å². The zero-order chi connectivity index (χ0) is 19.6. The predicted octanol–water partition coefficient (Wildman–Crippen LogP) is 2.33. The summed E-state index contributed by atoms with van der Waals surface area (Å²) in [6.07, 6.45) is 1.52. The topological polar surface area (TPSA) is 70.2 Å². The first kappa shape index (κ1) is 18.8. The molecule has 2 N–H and O–H groups in total. The minimum Gasteiger partial charge on any atom is -0.326 e. The maximum absolute atomic E-state index is 14.1. The van der Waals surface area contributed by atoms with Gasteiger partial charge in [0.05, 0.1) is 0 Å². The minimum atomic E-state index is -0.504. The third-order valence-electron chi connectivity index (χ3n) is 3.73. The van der Waals surface area contributed by atoms with E-state index in [-0.39, 0.29) is 17.4 Å². The Kier molecular flexibility index (Phi) is 5.37. The zero-order valence-corrected chi connectivity index (χ0v) is 15.4. The van der Waals surface area contributed by atoms with Crippen LogP contribution in [-0.4, -0.2) is 42.7 Å². The van der Waals surface area contributed by atoms with E-state index in [0.717, 1.165) is 5.56 Å². The van der Waals surface area contributed by atoms with E-state index in [2.05, 4.69) is 20.6 Å². The maximum Gasteiger partial charge on any atom is 0.227 e. The van der Waals surface area contributed by atoms with E-state index in [1.54, 1.807) is 12.1 Å². The van der Waals surface area contributed by atoms with Gasteiger partial charge in [-0.2, -0.15) is 0 Å². The standard InChI is InChI=1S/C19H19BFN5O/c1-11(27)23-15-4-12(10-26(2)3)5-16(8-15)24-19-22-9-13-6-14(20)7-17(21)18(13)25-19/h4-9H,10H2,1-3H3,(H,23,27)(H,22,24,25). The fourth-order valence-corrected chi connectivity index (χ4v) is 2.81. The van der Waals surface area contributed by atoms with Crippen LogP contribution < -0.4 is 16.1 Å². The second-order valence-electron chi connectivity index (χ2n) is 6.60. The number of carbonyl (C=O) groups is 1. The molecule has 0 saturated carbocycles. The number of halogens is 1. The minimum absolute atomic E-state index is 0.162. The van der Waals surface area contributed by atoms with Gasteiger partial charge >= 0.3 is 0 Å². The number of nitrogens with zero attached hydrogens (tertiary/aromatic N) is 3. The van der Waals surface area contributed by atoms with E-state index in [9.17, 15) is 9.18 Å². The van der Waals surface area contributed by atoms with Gasteiger partial charge in [-0.3, -0.25) is 4.79 Å². The van der Waals surface area contributed by atoms with Crippen molar-refractivity contribution in [1.82, 2.24) is 14.9 Å². The lowest BCUT2D eigenvalue weighted by Gasteiger charge is -2.14. The number of fused-ring (bicyclic) bond motifs is 1. The summed E-state index contributed by atoms with van der Waals surface area (Å²) in [4.78, 5) is 21.9. The molecular formula is C19H19BFN5O. The highest BCUT2D eigenvalue weighted by molar-refractivity contribution is 6.33. The quantitative estimate of drug-likeness (QED) is 0.681. The molecule has 8 heteroatoms. The molecule has 0 aliphatic heterocycles. The molecule has 0 saturated heterocycles. The van der Waals surface area contributed by atoms with Gasteiger partial charge in [0, 0.05) is 36.4 Å². The average molecular weight is 363 g/mol. The highest BCUT2D eigenvalue weighted by atomic mass is 19.1. The van der Waals surface area contributed by atoms with Gasteiger partial charge in [-0.25, -0.2) is 14.4 Å². The summed E-state index contributed by atoms with van der Waals surface area (Å²) in [7, 11) is 9.56. The first-order chi connectivity index (χ1) is 12.8. The van der Waals surface area contributed by atoms with Crippen molar-refractivity contribution in [3.63, 3.8) is 0 Å². The van der Waals surface area contributed by atoms with Crippen LogP contribution in [-0.2, 0) is 11.3 Å². The molecule has 3 aromatic rings. The summed E-state index contributed by atoms with van der Waals surface area (Å²) in [6, 6.07) is 8.45. The van der Waals surface area contributed by atoms with Gasteiger partial charge in [-0.1, -0.05) is 11.5 Å². The van der Waals surface area contributed by atoms with Gasteiger partial charge in [0.15, 0.2) is 0 Å². The molecule has 27 heavy (non-hydrogen) atoms. The number of aromatic nitrogens is 2. The summed E-state index contributed by atoms with van der Waals surface area (Å²) in [6.45, 7) is 2.14. The van der Waals surface area contributed by atoms with Gasteiger partial charge < -0.3 is 15.5 Å². The molecule has 1 heterocycles. The van der Waals surface area contributed by atoms with Crippen molar-refractivity contribution >= 4 is 47.4 Å². The number of nitrogens with one attached hydrogen (secondary N) is 2. The largest absolute Gasteiger partial charge is 0.326 e. The first-order valence-electron chi connectivity index (χ1n) is 8.35. The van der Waals surface area contributed by atoms with Crippen molar-refractivity contribution < 1.29 is 9.18 Å². The van der Waals surface area contributed by atoms with Gasteiger partial charge in [-0.05, 0) is 43.9 Å². The fourth-order valence-electron chi connectivity index (χ4n) is 2.81. The molecule has 2 radical (unpaired) electrons. The van der Waals surface area contributed by atoms with E-state index in [4.69, 9.17) is 7.85 Å². The summed E-state index contributed by atoms with van der Waals surface area (Å²) in [5.41, 5.74) is 2.85. The smallest absolute Gasteiger partial charge is 0.227 e. The molecule has 6 nitrogen and oxygen atoms in total. The van der Waals surface area contributed by atoms with Crippen LogP contribution in [0.3, 0.4) is 0 Å². The van der Waals surface area contributed by atoms with Crippen LogP contribution in [0.15, 0.2) is 36.5 Å². The lowest BCUT2D eigenvalue weighted by molar-refractivity contribution is -0.114. The van der Waals surface area contributed by atoms with Crippen LogP contribution in [0.2, 0.25) is 0 Å². The van der Waals surface area contributed by atoms with Crippen LogP contribution in [0.5, 0.6) is 0 Å². The lowest BCUT2D eigenvalue weighted by Crippen LogP contribution is -2.12. The number of rotatable bonds is 5. The van der Waals surface area contributed by atoms with E-state index in [1.165, 1.54) is 19.2 Å². The predicted molar refractivity (Wildman–Crippen MR) is 106 cm³/mol. The highest BCUT2D eigenvalue weighted by Gasteiger charge is 2.09. The second kappa shape index (κ2) is 7.71. The van der Waals surface area contributed by atoms with Gasteiger partial charge in [0.25, 0.3) is 0 Å². The highest BCUT2D eigenvalue weighted by Crippen LogP contribution is 2.23. The SMILES string of the molecule is [B]c1cc(F)c2nc(Nc3cc(CN(C)C)cc(NC(C)=O)c3)ncc2c1. The molecule has 1 amide bonds. The molecule has 0 fully saturated rings. The Labute approximate surface area is 158 Å². The zero-order valence-electron chi connectivity index (χ0n) is 15.4. The monoisotopic (exact) mass is 363 g/mol. The third kappa shape index (κ3) is 4.80. The van der Waals surface area contributed by atoms with E-state index < -0.39 is 5.82 Å². The van der Waals surface area contributed by atoms with E-state index >= 15 is 0 Å². The second-order valence-corrected chi connectivity index (χ2v) is 6.60. The summed E-state index contributed by atoms with van der Waals surface area (Å²) >= 11 is 0. The van der Waals surface area contributed by atoms with Crippen molar-refractivity contribution in [3.05, 3.63) is 47.9 Å². The fraction of sp³-hybridized carbons (Fsp3) is 0.211. The number of carbonyl (C=O) groups excluding carboxylic acids is 1. The molecule has 0 spiro atoms. The van der Waals surface area contributed by atoms with E-state index in [1.807, 2.05) is 31.1 Å². The molecule has 0 aliphatic rings. The summed E-state index contributed by atoms with van der Waals surface area (Å²) in [5.74, 6) is -0.415. The molecule has 0 atom stereocenters. The van der Waals surface area contributed by atoms with Crippen molar-refractivity contribution in [1.29, 1.82) is 0 Å². The van der Waals surface area contributed by atoms with Gasteiger partial charge in [0.2, 0.25) is 11.9 Å². The van der Waals surface area contributed by atoms with Crippen molar-refractivity contribution in [2.45, 2.75) is 13.5 Å². The molecule has 136 valence electrons. The van der Waals surface area contributed by atoms with Crippen LogP contribution in [0.1, 0.15) is 12.5 Å². The molecule has 0 bridgehead atoms. The Bertz CT molecular complexity index is 1010. The van der Waals surface area contributed by atoms with Gasteiger partial charge in [0.1, 0.15) is 19.2 Å². The Morgan fingerprint density at radius 1 is 1.19 bits per heavy atom. The van der Waals surface area contributed by atoms with Crippen LogP contribution in [0.4, 0.5) is 21.7 Å². The van der Waals surface area contributed by atoms with E-state index in [0.29, 0.717) is 28.8 Å². The average Bonchev–Trinajstić information content (AvgIpc) is 2.54. The molecule has 2 aromatic carbocycles. The Morgan fingerprint density at radius 3 is 2.63 bits per heavy atom. The van der Waals surface area contributed by atoms with Crippen LogP contribution >= 0.6 is 0 Å². The summed E-state index contributed by atoms with van der Waals surface area (Å²) in [5, 5.41) is 6.38. The molecule has 1 aromatic heterocycles. The number of benzene rings is 2.